The van der Waals surface area contributed by atoms with Gasteiger partial charge in [-0.3, -0.25) is 0 Å². The Kier molecular flexibility index (Phi) is 3.85. The number of carboxylic acids is 1. The molecule has 0 amide bonds. The number of aromatic carboxylic acids is 1. The molecule has 0 aromatic heterocycles. The number of rotatable bonds is 4. The highest BCUT2D eigenvalue weighted by molar-refractivity contribution is 7.79. The molecule has 1 aromatic carbocycles. The highest BCUT2D eigenvalue weighted by Gasteiger charge is 2.17. The summed E-state index contributed by atoms with van der Waals surface area (Å²) in [5.41, 5.74) is 0.704. The molecule has 0 fully saturated rings. The molecule has 0 aliphatic heterocycles. The van der Waals surface area contributed by atoms with Crippen molar-refractivity contribution in [3.05, 3.63) is 23.3 Å². The van der Waals surface area contributed by atoms with Crippen LogP contribution < -0.4 is 9.47 Å². The first-order valence-electron chi connectivity index (χ1n) is 4.23. The molecule has 0 atom stereocenters. The van der Waals surface area contributed by atoms with Gasteiger partial charge in [0.1, 0.15) is 0 Å². The van der Waals surface area contributed by atoms with Crippen LogP contribution >= 0.6 is 12.6 Å². The Morgan fingerprint density at radius 1 is 1.40 bits per heavy atom. The van der Waals surface area contributed by atoms with Gasteiger partial charge in [-0.2, -0.15) is 12.6 Å². The lowest BCUT2D eigenvalue weighted by Gasteiger charge is -2.13. The summed E-state index contributed by atoms with van der Waals surface area (Å²) in [4.78, 5) is 10.9. The number of hydrogen-bond donors (Lipinski definition) is 2. The summed E-state index contributed by atoms with van der Waals surface area (Å²) in [5.74, 6) is 0.209. The number of carboxylic acid groups (broad SMARTS) is 1. The van der Waals surface area contributed by atoms with Crippen LogP contribution in [0.5, 0.6) is 11.5 Å². The molecule has 1 N–H and O–H groups in total. The Labute approximate surface area is 93.2 Å². The average molecular weight is 228 g/mol. The number of hydrogen-bond acceptors (Lipinski definition) is 4. The van der Waals surface area contributed by atoms with E-state index in [1.54, 1.807) is 6.07 Å². The molecule has 1 aromatic rings. The zero-order valence-electron chi connectivity index (χ0n) is 8.48. The Morgan fingerprint density at radius 2 is 2.07 bits per heavy atom. The van der Waals surface area contributed by atoms with E-state index in [1.807, 2.05) is 0 Å². The second-order valence-corrected chi connectivity index (χ2v) is 3.11. The summed E-state index contributed by atoms with van der Waals surface area (Å²) in [5, 5.41) is 8.95. The smallest absolute Gasteiger partial charge is 0.336 e. The van der Waals surface area contributed by atoms with Gasteiger partial charge in [-0.05, 0) is 12.1 Å². The van der Waals surface area contributed by atoms with Crippen LogP contribution in [0.1, 0.15) is 15.9 Å². The molecule has 0 radical (unpaired) electrons. The Balaban J connectivity index is 3.40. The number of carbonyl (C=O) groups is 1. The summed E-state index contributed by atoms with van der Waals surface area (Å²) >= 11 is 4.09. The molecular formula is C10H12O4S. The van der Waals surface area contributed by atoms with Crippen LogP contribution in [0.2, 0.25) is 0 Å². The minimum atomic E-state index is -1.000. The van der Waals surface area contributed by atoms with Crippen molar-refractivity contribution in [3.63, 3.8) is 0 Å². The third-order valence-electron chi connectivity index (χ3n) is 2.04. The fourth-order valence-corrected chi connectivity index (χ4v) is 1.66. The van der Waals surface area contributed by atoms with Crippen LogP contribution in [0.25, 0.3) is 0 Å². The molecule has 82 valence electrons. The first-order valence-corrected chi connectivity index (χ1v) is 4.87. The van der Waals surface area contributed by atoms with Crippen molar-refractivity contribution < 1.29 is 19.4 Å². The summed E-state index contributed by atoms with van der Waals surface area (Å²) in [7, 11) is 2.97. The Morgan fingerprint density at radius 3 is 2.47 bits per heavy atom. The summed E-state index contributed by atoms with van der Waals surface area (Å²) in [6, 6.07) is 3.05. The van der Waals surface area contributed by atoms with Crippen LogP contribution in [0.3, 0.4) is 0 Å². The SMILES string of the molecule is COc1ccc(C(=O)O)c(CS)c1OC. The minimum Gasteiger partial charge on any atom is -0.493 e. The second-order valence-electron chi connectivity index (χ2n) is 2.79. The molecule has 0 spiro atoms. The van der Waals surface area contributed by atoms with E-state index in [0.29, 0.717) is 17.1 Å². The van der Waals surface area contributed by atoms with Crippen molar-refractivity contribution in [2.24, 2.45) is 0 Å². The molecule has 0 aliphatic carbocycles. The lowest BCUT2D eigenvalue weighted by atomic mass is 10.1. The van der Waals surface area contributed by atoms with Crippen LogP contribution in [0, 0.1) is 0 Å². The predicted octanol–water partition coefficient (Wildman–Crippen LogP) is 1.83. The third kappa shape index (κ3) is 2.18. The molecule has 0 saturated heterocycles. The minimum absolute atomic E-state index is 0.183. The molecule has 5 heteroatoms. The first-order chi connectivity index (χ1) is 7.15. The quantitative estimate of drug-likeness (QED) is 0.772. The summed E-state index contributed by atoms with van der Waals surface area (Å²) in [6.45, 7) is 0. The summed E-state index contributed by atoms with van der Waals surface area (Å²) < 4.78 is 10.2. The van der Waals surface area contributed by atoms with Crippen LogP contribution in [0.15, 0.2) is 12.1 Å². The highest BCUT2D eigenvalue weighted by atomic mass is 32.1. The molecule has 0 unspecified atom stereocenters. The van der Waals surface area contributed by atoms with Gasteiger partial charge in [-0.15, -0.1) is 0 Å². The monoisotopic (exact) mass is 228 g/mol. The van der Waals surface area contributed by atoms with Crippen LogP contribution in [-0.4, -0.2) is 25.3 Å². The van der Waals surface area contributed by atoms with Gasteiger partial charge < -0.3 is 14.6 Å². The number of ether oxygens (including phenoxy) is 2. The standard InChI is InChI=1S/C10H12O4S/c1-13-8-4-3-6(10(11)12)7(5-15)9(8)14-2/h3-4,15H,5H2,1-2H3,(H,11,12). The topological polar surface area (TPSA) is 55.8 Å². The van der Waals surface area contributed by atoms with Crippen molar-refractivity contribution in [1.82, 2.24) is 0 Å². The number of benzene rings is 1. The van der Waals surface area contributed by atoms with Crippen molar-refractivity contribution in [1.29, 1.82) is 0 Å². The lowest BCUT2D eigenvalue weighted by molar-refractivity contribution is 0.0695. The van der Waals surface area contributed by atoms with Crippen molar-refractivity contribution in [2.45, 2.75) is 5.75 Å². The average Bonchev–Trinajstić information content (AvgIpc) is 2.26. The maximum atomic E-state index is 10.9. The maximum absolute atomic E-state index is 10.9. The zero-order valence-corrected chi connectivity index (χ0v) is 9.38. The molecule has 0 saturated carbocycles. The maximum Gasteiger partial charge on any atom is 0.336 e. The van der Waals surface area contributed by atoms with Gasteiger partial charge in [-0.25, -0.2) is 4.79 Å². The van der Waals surface area contributed by atoms with E-state index in [1.165, 1.54) is 20.3 Å². The van der Waals surface area contributed by atoms with Gasteiger partial charge >= 0.3 is 5.97 Å². The summed E-state index contributed by atoms with van der Waals surface area (Å²) in [6.07, 6.45) is 0. The van der Waals surface area contributed by atoms with E-state index in [9.17, 15) is 4.79 Å². The third-order valence-corrected chi connectivity index (χ3v) is 2.35. The molecule has 0 heterocycles. The number of thiol groups is 1. The number of methoxy groups -OCH3 is 2. The zero-order chi connectivity index (χ0) is 11.4. The van der Waals surface area contributed by atoms with Gasteiger partial charge in [0.2, 0.25) is 0 Å². The van der Waals surface area contributed by atoms with Gasteiger partial charge in [0, 0.05) is 11.3 Å². The predicted molar refractivity (Wildman–Crippen MR) is 59.2 cm³/mol. The Bertz CT molecular complexity index is 376. The van der Waals surface area contributed by atoms with Crippen molar-refractivity contribution in [3.8, 4) is 11.5 Å². The molecule has 0 bridgehead atoms. The van der Waals surface area contributed by atoms with Gasteiger partial charge in [0.15, 0.2) is 11.5 Å². The van der Waals surface area contributed by atoms with Crippen LogP contribution in [-0.2, 0) is 5.75 Å². The van der Waals surface area contributed by atoms with E-state index in [4.69, 9.17) is 14.6 Å². The van der Waals surface area contributed by atoms with Crippen molar-refractivity contribution in [2.75, 3.05) is 14.2 Å². The van der Waals surface area contributed by atoms with E-state index < -0.39 is 5.97 Å². The van der Waals surface area contributed by atoms with Crippen LogP contribution in [0.4, 0.5) is 0 Å². The van der Waals surface area contributed by atoms with E-state index in [2.05, 4.69) is 12.6 Å². The molecule has 1 rings (SSSR count). The van der Waals surface area contributed by atoms with Gasteiger partial charge in [0.25, 0.3) is 0 Å². The van der Waals surface area contributed by atoms with Crippen molar-refractivity contribution >= 4 is 18.6 Å². The van der Waals surface area contributed by atoms with Gasteiger partial charge in [0.05, 0.1) is 19.8 Å². The van der Waals surface area contributed by atoms with E-state index >= 15 is 0 Å². The molecule has 4 nitrogen and oxygen atoms in total. The largest absolute Gasteiger partial charge is 0.493 e. The lowest BCUT2D eigenvalue weighted by Crippen LogP contribution is -2.04. The second kappa shape index (κ2) is 4.93. The molecule has 15 heavy (non-hydrogen) atoms. The normalized spacial score (nSPS) is 9.80. The van der Waals surface area contributed by atoms with Gasteiger partial charge in [-0.1, -0.05) is 0 Å². The van der Waals surface area contributed by atoms with E-state index in [-0.39, 0.29) is 11.3 Å². The highest BCUT2D eigenvalue weighted by Crippen LogP contribution is 2.34. The fourth-order valence-electron chi connectivity index (χ4n) is 1.35. The fraction of sp³-hybridized carbons (Fsp3) is 0.300. The first kappa shape index (κ1) is 11.7. The molecule has 0 aliphatic rings. The Hall–Kier alpha value is -1.36. The molecular weight excluding hydrogens is 216 g/mol. The van der Waals surface area contributed by atoms with E-state index in [0.717, 1.165) is 0 Å².